The second-order valence-electron chi connectivity index (χ2n) is 4.75. The third kappa shape index (κ3) is 3.88. The van der Waals surface area contributed by atoms with E-state index in [0.29, 0.717) is 5.70 Å². The summed E-state index contributed by atoms with van der Waals surface area (Å²) in [5, 5.41) is 4.37. The van der Waals surface area contributed by atoms with E-state index in [4.69, 9.17) is 9.47 Å². The van der Waals surface area contributed by atoms with Crippen LogP contribution in [0.5, 0.6) is 11.5 Å². The van der Waals surface area contributed by atoms with Crippen LogP contribution in [-0.2, 0) is 0 Å². The Bertz CT molecular complexity index is 693. The van der Waals surface area contributed by atoms with Gasteiger partial charge in [0, 0.05) is 11.1 Å². The van der Waals surface area contributed by atoms with Crippen LogP contribution in [0, 0.1) is 0 Å². The monoisotopic (exact) mass is 296 g/mol. The van der Waals surface area contributed by atoms with Gasteiger partial charge in [-0.05, 0) is 31.2 Å². The summed E-state index contributed by atoms with van der Waals surface area (Å²) in [5.41, 5.74) is 6.47. The van der Waals surface area contributed by atoms with Crippen molar-refractivity contribution < 1.29 is 9.47 Å². The molecule has 0 aliphatic rings. The number of rotatable bonds is 6. The van der Waals surface area contributed by atoms with Crippen molar-refractivity contribution in [3.63, 3.8) is 0 Å². The number of nitrogens with zero attached hydrogens (tertiary/aromatic N) is 1. The van der Waals surface area contributed by atoms with Gasteiger partial charge < -0.3 is 9.47 Å². The average Bonchev–Trinajstić information content (AvgIpc) is 2.59. The second kappa shape index (κ2) is 7.31. The molecule has 22 heavy (non-hydrogen) atoms. The smallest absolute Gasteiger partial charge is 0.119 e. The quantitative estimate of drug-likeness (QED) is 0.653. The molecule has 0 saturated carbocycles. The fourth-order valence-electron chi connectivity index (χ4n) is 1.94. The van der Waals surface area contributed by atoms with Crippen LogP contribution < -0.4 is 14.9 Å². The zero-order valence-corrected chi connectivity index (χ0v) is 13.1. The molecule has 0 atom stereocenters. The molecule has 4 nitrogen and oxygen atoms in total. The third-order valence-electron chi connectivity index (χ3n) is 3.26. The normalized spacial score (nSPS) is 11.0. The first-order valence-electron chi connectivity index (χ1n) is 6.92. The van der Waals surface area contributed by atoms with Gasteiger partial charge in [-0.25, -0.2) is 0 Å². The Hall–Kier alpha value is -2.75. The molecule has 1 N–H and O–H groups in total. The highest BCUT2D eigenvalue weighted by molar-refractivity contribution is 5.99. The number of nitrogens with one attached hydrogen (secondary N) is 1. The Labute approximate surface area is 131 Å². The molecule has 0 saturated heterocycles. The van der Waals surface area contributed by atoms with Crippen molar-refractivity contribution in [2.75, 3.05) is 14.2 Å². The molecular weight excluding hydrogens is 276 g/mol. The Morgan fingerprint density at radius 1 is 0.955 bits per heavy atom. The lowest BCUT2D eigenvalue weighted by atomic mass is 10.1. The van der Waals surface area contributed by atoms with Crippen LogP contribution in [0.4, 0.5) is 0 Å². The molecule has 0 radical (unpaired) electrons. The largest absolute Gasteiger partial charge is 0.497 e. The maximum atomic E-state index is 5.22. The summed E-state index contributed by atoms with van der Waals surface area (Å²) in [6, 6.07) is 15.4. The second-order valence-corrected chi connectivity index (χ2v) is 4.75. The molecule has 114 valence electrons. The highest BCUT2D eigenvalue weighted by Gasteiger charge is 2.02. The van der Waals surface area contributed by atoms with Crippen molar-refractivity contribution in [1.82, 2.24) is 5.43 Å². The zero-order chi connectivity index (χ0) is 15.9. The molecule has 0 amide bonds. The van der Waals surface area contributed by atoms with Gasteiger partial charge in [0.25, 0.3) is 0 Å². The molecule has 0 aliphatic heterocycles. The molecule has 0 spiro atoms. The molecule has 0 aliphatic carbocycles. The van der Waals surface area contributed by atoms with E-state index in [1.165, 1.54) is 0 Å². The molecule has 0 fully saturated rings. The predicted molar refractivity (Wildman–Crippen MR) is 90.4 cm³/mol. The molecule has 0 heterocycles. The van der Waals surface area contributed by atoms with E-state index in [1.54, 1.807) is 14.2 Å². The van der Waals surface area contributed by atoms with Gasteiger partial charge in [0.1, 0.15) is 11.5 Å². The molecule has 0 unspecified atom stereocenters. The summed E-state index contributed by atoms with van der Waals surface area (Å²) < 4.78 is 10.4. The van der Waals surface area contributed by atoms with Gasteiger partial charge in [-0.1, -0.05) is 30.8 Å². The van der Waals surface area contributed by atoms with Crippen LogP contribution in [0.25, 0.3) is 5.70 Å². The van der Waals surface area contributed by atoms with Crippen molar-refractivity contribution >= 4 is 11.4 Å². The van der Waals surface area contributed by atoms with E-state index >= 15 is 0 Å². The van der Waals surface area contributed by atoms with Crippen molar-refractivity contribution in [3.05, 3.63) is 66.2 Å². The van der Waals surface area contributed by atoms with Crippen molar-refractivity contribution in [1.29, 1.82) is 0 Å². The lowest BCUT2D eigenvalue weighted by Gasteiger charge is -2.09. The molecule has 0 aromatic heterocycles. The van der Waals surface area contributed by atoms with Gasteiger partial charge in [-0.15, -0.1) is 0 Å². The van der Waals surface area contributed by atoms with Gasteiger partial charge in [-0.3, -0.25) is 5.43 Å². The highest BCUT2D eigenvalue weighted by Crippen LogP contribution is 2.17. The van der Waals surface area contributed by atoms with E-state index in [2.05, 4.69) is 17.1 Å². The van der Waals surface area contributed by atoms with Gasteiger partial charge in [-0.2, -0.15) is 5.10 Å². The minimum atomic E-state index is 0.709. The Balaban J connectivity index is 2.10. The molecular formula is C18H20N2O2. The fraction of sp³-hybridized carbons (Fsp3) is 0.167. The molecule has 2 aromatic carbocycles. The van der Waals surface area contributed by atoms with Crippen molar-refractivity contribution in [3.8, 4) is 11.5 Å². The number of hydrogen-bond donors (Lipinski definition) is 1. The molecule has 2 rings (SSSR count). The highest BCUT2D eigenvalue weighted by atomic mass is 16.5. The zero-order valence-electron chi connectivity index (χ0n) is 13.1. The summed E-state index contributed by atoms with van der Waals surface area (Å²) in [7, 11) is 3.29. The maximum absolute atomic E-state index is 5.22. The number of ether oxygens (including phenoxy) is 2. The number of hydrazone groups is 1. The Kier molecular flexibility index (Phi) is 5.20. The van der Waals surface area contributed by atoms with E-state index < -0.39 is 0 Å². The predicted octanol–water partition coefficient (Wildman–Crippen LogP) is 3.69. The molecule has 2 aromatic rings. The summed E-state index contributed by atoms with van der Waals surface area (Å²) >= 11 is 0. The fourth-order valence-corrected chi connectivity index (χ4v) is 1.94. The van der Waals surface area contributed by atoms with E-state index in [1.807, 2.05) is 55.5 Å². The minimum absolute atomic E-state index is 0.709. The first-order chi connectivity index (χ1) is 10.6. The average molecular weight is 296 g/mol. The topological polar surface area (TPSA) is 42.9 Å². The Morgan fingerprint density at radius 3 is 2.09 bits per heavy atom. The first kappa shape index (κ1) is 15.6. The first-order valence-corrected chi connectivity index (χ1v) is 6.92. The maximum Gasteiger partial charge on any atom is 0.119 e. The summed E-state index contributed by atoms with van der Waals surface area (Å²) in [6.45, 7) is 5.93. The van der Waals surface area contributed by atoms with Gasteiger partial charge in [0.05, 0.1) is 25.6 Å². The van der Waals surface area contributed by atoms with E-state index in [0.717, 1.165) is 28.3 Å². The van der Waals surface area contributed by atoms with Crippen LogP contribution in [0.15, 0.2) is 60.2 Å². The van der Waals surface area contributed by atoms with Crippen LogP contribution >= 0.6 is 0 Å². The minimum Gasteiger partial charge on any atom is -0.497 e. The summed E-state index contributed by atoms with van der Waals surface area (Å²) in [4.78, 5) is 0. The van der Waals surface area contributed by atoms with Crippen LogP contribution in [0.1, 0.15) is 18.1 Å². The van der Waals surface area contributed by atoms with E-state index in [9.17, 15) is 0 Å². The SMILES string of the molecule is C=C(N/N=C(\C)c1cccc(OC)c1)c1cccc(OC)c1. The van der Waals surface area contributed by atoms with E-state index in [-0.39, 0.29) is 0 Å². The Morgan fingerprint density at radius 2 is 1.50 bits per heavy atom. The van der Waals surface area contributed by atoms with Gasteiger partial charge in [0.2, 0.25) is 0 Å². The van der Waals surface area contributed by atoms with Gasteiger partial charge in [0.15, 0.2) is 0 Å². The van der Waals surface area contributed by atoms with Crippen molar-refractivity contribution in [2.45, 2.75) is 6.92 Å². The van der Waals surface area contributed by atoms with Crippen LogP contribution in [-0.4, -0.2) is 19.9 Å². The number of methoxy groups -OCH3 is 2. The van der Waals surface area contributed by atoms with Crippen LogP contribution in [0.2, 0.25) is 0 Å². The summed E-state index contributed by atoms with van der Waals surface area (Å²) in [5.74, 6) is 1.59. The lowest BCUT2D eigenvalue weighted by Crippen LogP contribution is -2.08. The number of hydrogen-bond acceptors (Lipinski definition) is 4. The molecule has 0 bridgehead atoms. The van der Waals surface area contributed by atoms with Crippen molar-refractivity contribution in [2.24, 2.45) is 5.10 Å². The summed E-state index contributed by atoms with van der Waals surface area (Å²) in [6.07, 6.45) is 0. The van der Waals surface area contributed by atoms with Crippen LogP contribution in [0.3, 0.4) is 0 Å². The third-order valence-corrected chi connectivity index (χ3v) is 3.26. The molecule has 4 heteroatoms. The lowest BCUT2D eigenvalue weighted by molar-refractivity contribution is 0.414. The number of benzene rings is 2. The standard InChI is InChI=1S/C18H20N2O2/c1-13(15-7-5-9-17(11-15)21-3)19-20-14(2)16-8-6-10-18(12-16)22-4/h5-12,19H,1H2,2-4H3/b20-14+. The van der Waals surface area contributed by atoms with Gasteiger partial charge >= 0.3 is 0 Å².